The average Bonchev–Trinajstić information content (AvgIpc) is 2.53. The van der Waals surface area contributed by atoms with Crippen LogP contribution in [0.2, 0.25) is 0 Å². The lowest BCUT2D eigenvalue weighted by molar-refractivity contribution is 0.0979. The number of rotatable bonds is 13. The Morgan fingerprint density at radius 2 is 1.29 bits per heavy atom. The molecule has 0 spiro atoms. The molecule has 0 amide bonds. The Balaban J connectivity index is 1.89. The molecule has 0 atom stereocenters. The Hall–Kier alpha value is -1.44. The van der Waals surface area contributed by atoms with E-state index in [1.54, 1.807) is 0 Å². The van der Waals surface area contributed by atoms with Gasteiger partial charge >= 0.3 is 0 Å². The Morgan fingerprint density at radius 3 is 1.86 bits per heavy atom. The molecule has 0 fully saturated rings. The molecule has 0 N–H and O–H groups in total. The summed E-state index contributed by atoms with van der Waals surface area (Å²) in [5, 5.41) is 0. The predicted molar refractivity (Wildman–Crippen MR) is 87.3 cm³/mol. The summed E-state index contributed by atoms with van der Waals surface area (Å²) < 4.78 is 0. The summed E-state index contributed by atoms with van der Waals surface area (Å²) in [6.45, 7) is 0. The summed E-state index contributed by atoms with van der Waals surface area (Å²) in [6, 6.07) is 9.56. The monoisotopic (exact) mass is 287 g/mol. The summed E-state index contributed by atoms with van der Waals surface area (Å²) in [4.78, 5) is 21.9. The molecule has 0 aliphatic heterocycles. The van der Waals surface area contributed by atoms with Crippen molar-refractivity contribution < 1.29 is 9.59 Å². The average molecular weight is 287 g/mol. The van der Waals surface area contributed by atoms with Crippen molar-refractivity contribution in [1.29, 1.82) is 0 Å². The molecular weight excluding hydrogens is 260 g/mol. The minimum absolute atomic E-state index is 0.266. The molecular formula is C19H27O2. The molecule has 1 rings (SSSR count). The van der Waals surface area contributed by atoms with Gasteiger partial charge in [0.1, 0.15) is 0 Å². The first-order chi connectivity index (χ1) is 10.3. The molecule has 0 aliphatic carbocycles. The van der Waals surface area contributed by atoms with E-state index < -0.39 is 0 Å². The van der Waals surface area contributed by atoms with Crippen molar-refractivity contribution in [3.63, 3.8) is 0 Å². The Kier molecular flexibility index (Phi) is 10.3. The smallest absolute Gasteiger partial charge is 0.198 e. The maximum Gasteiger partial charge on any atom is 0.198 e. The van der Waals surface area contributed by atoms with Crippen molar-refractivity contribution in [3.8, 4) is 0 Å². The molecule has 0 heterocycles. The summed E-state index contributed by atoms with van der Waals surface area (Å²) in [7, 11) is 0. The molecule has 0 saturated heterocycles. The standard InChI is InChI=1S/C19H27O2/c20-17-13-8-6-4-2-1-3-5-7-12-16-19(21)18-14-10-9-11-15-18/h9-11,14-15H,1-8,12-13,16H2. The van der Waals surface area contributed by atoms with Crippen LogP contribution in [0.4, 0.5) is 0 Å². The number of hydrogen-bond acceptors (Lipinski definition) is 2. The molecule has 2 nitrogen and oxygen atoms in total. The van der Waals surface area contributed by atoms with Crippen LogP contribution in [0, 0.1) is 0 Å². The third-order valence-electron chi connectivity index (χ3n) is 3.78. The topological polar surface area (TPSA) is 34.1 Å². The Morgan fingerprint density at radius 1 is 0.762 bits per heavy atom. The number of Topliss-reactive ketones (excluding diaryl/α,β-unsaturated/α-hetero) is 1. The molecule has 1 radical (unpaired) electrons. The second-order valence-corrected chi connectivity index (χ2v) is 5.62. The van der Waals surface area contributed by atoms with E-state index in [0.29, 0.717) is 12.8 Å². The van der Waals surface area contributed by atoms with Crippen LogP contribution < -0.4 is 0 Å². The number of hydrogen-bond donors (Lipinski definition) is 0. The Labute approximate surface area is 128 Å². The van der Waals surface area contributed by atoms with Gasteiger partial charge in [0.25, 0.3) is 0 Å². The molecule has 1 aromatic rings. The quantitative estimate of drug-likeness (QED) is 0.366. The lowest BCUT2D eigenvalue weighted by atomic mass is 10.0. The first kappa shape index (κ1) is 17.6. The predicted octanol–water partition coefficient (Wildman–Crippen LogP) is 5.27. The lowest BCUT2D eigenvalue weighted by Gasteiger charge is -2.02. The van der Waals surface area contributed by atoms with Gasteiger partial charge in [-0.15, -0.1) is 0 Å². The molecule has 0 bridgehead atoms. The maximum absolute atomic E-state index is 11.9. The summed E-state index contributed by atoms with van der Waals surface area (Å²) in [5.41, 5.74) is 0.838. The van der Waals surface area contributed by atoms with Gasteiger partial charge in [-0.1, -0.05) is 75.3 Å². The van der Waals surface area contributed by atoms with Gasteiger partial charge in [-0.2, -0.15) is 0 Å². The molecule has 21 heavy (non-hydrogen) atoms. The zero-order valence-electron chi connectivity index (χ0n) is 13.0. The van der Waals surface area contributed by atoms with Gasteiger partial charge in [-0.05, 0) is 12.8 Å². The zero-order valence-corrected chi connectivity index (χ0v) is 13.0. The van der Waals surface area contributed by atoms with Crippen LogP contribution in [0.25, 0.3) is 0 Å². The first-order valence-electron chi connectivity index (χ1n) is 8.28. The van der Waals surface area contributed by atoms with Crippen molar-refractivity contribution in [2.45, 2.75) is 70.6 Å². The van der Waals surface area contributed by atoms with Crippen LogP contribution in [-0.2, 0) is 4.79 Å². The van der Waals surface area contributed by atoms with Gasteiger partial charge in [-0.3, -0.25) is 9.59 Å². The van der Waals surface area contributed by atoms with Crippen LogP contribution in [0.3, 0.4) is 0 Å². The van der Waals surface area contributed by atoms with E-state index in [1.165, 1.54) is 32.1 Å². The largest absolute Gasteiger partial charge is 0.294 e. The Bertz CT molecular complexity index is 384. The first-order valence-corrected chi connectivity index (χ1v) is 8.28. The van der Waals surface area contributed by atoms with E-state index in [2.05, 4.69) is 0 Å². The number of carbonyl (C=O) groups is 1. The molecule has 0 aromatic heterocycles. The van der Waals surface area contributed by atoms with E-state index in [1.807, 2.05) is 36.6 Å². The van der Waals surface area contributed by atoms with Crippen molar-refractivity contribution in [2.75, 3.05) is 0 Å². The van der Waals surface area contributed by atoms with Gasteiger partial charge in [-0.25, -0.2) is 0 Å². The zero-order chi connectivity index (χ0) is 15.2. The summed E-state index contributed by atoms with van der Waals surface area (Å²) in [6.07, 6.45) is 13.8. The van der Waals surface area contributed by atoms with Crippen LogP contribution in [0.15, 0.2) is 30.3 Å². The van der Waals surface area contributed by atoms with Gasteiger partial charge in [0.2, 0.25) is 0 Å². The van der Waals surface area contributed by atoms with Crippen LogP contribution in [-0.4, -0.2) is 12.1 Å². The van der Waals surface area contributed by atoms with Gasteiger partial charge < -0.3 is 0 Å². The second kappa shape index (κ2) is 12.3. The lowest BCUT2D eigenvalue weighted by Crippen LogP contribution is -1.98. The fourth-order valence-electron chi connectivity index (χ4n) is 2.49. The van der Waals surface area contributed by atoms with Crippen molar-refractivity contribution in [1.82, 2.24) is 0 Å². The van der Waals surface area contributed by atoms with Gasteiger partial charge in [0.05, 0.1) is 0 Å². The third kappa shape index (κ3) is 9.17. The molecule has 0 aliphatic rings. The second-order valence-electron chi connectivity index (χ2n) is 5.62. The fraction of sp³-hybridized carbons (Fsp3) is 0.579. The third-order valence-corrected chi connectivity index (χ3v) is 3.78. The fourth-order valence-corrected chi connectivity index (χ4v) is 2.49. The highest BCUT2D eigenvalue weighted by atomic mass is 16.1. The van der Waals surface area contributed by atoms with E-state index in [4.69, 9.17) is 0 Å². The highest BCUT2D eigenvalue weighted by Crippen LogP contribution is 2.12. The molecule has 2 heteroatoms. The van der Waals surface area contributed by atoms with Gasteiger partial charge in [0.15, 0.2) is 12.1 Å². The number of ketones is 1. The molecule has 0 saturated carbocycles. The molecule has 1 aromatic carbocycles. The van der Waals surface area contributed by atoms with Crippen LogP contribution >= 0.6 is 0 Å². The van der Waals surface area contributed by atoms with E-state index in [0.717, 1.165) is 31.2 Å². The molecule has 0 unspecified atom stereocenters. The van der Waals surface area contributed by atoms with E-state index in [-0.39, 0.29) is 5.78 Å². The number of unbranched alkanes of at least 4 members (excludes halogenated alkanes) is 9. The van der Waals surface area contributed by atoms with Crippen molar-refractivity contribution in [2.24, 2.45) is 0 Å². The highest BCUT2D eigenvalue weighted by molar-refractivity contribution is 5.95. The van der Waals surface area contributed by atoms with E-state index in [9.17, 15) is 9.59 Å². The molecule has 115 valence electrons. The van der Waals surface area contributed by atoms with Crippen molar-refractivity contribution >= 4 is 12.1 Å². The normalized spacial score (nSPS) is 10.5. The van der Waals surface area contributed by atoms with Crippen LogP contribution in [0.1, 0.15) is 81.0 Å². The number of carbonyl (C=O) groups excluding carboxylic acids is 2. The van der Waals surface area contributed by atoms with Crippen LogP contribution in [0.5, 0.6) is 0 Å². The number of benzene rings is 1. The minimum Gasteiger partial charge on any atom is -0.294 e. The summed E-state index contributed by atoms with van der Waals surface area (Å²) >= 11 is 0. The highest BCUT2D eigenvalue weighted by Gasteiger charge is 2.03. The SMILES string of the molecule is O=[C]CCCCCCCCCCCC(=O)c1ccccc1. The minimum atomic E-state index is 0.266. The summed E-state index contributed by atoms with van der Waals surface area (Å²) in [5.74, 6) is 0.266. The van der Waals surface area contributed by atoms with Crippen molar-refractivity contribution in [3.05, 3.63) is 35.9 Å². The van der Waals surface area contributed by atoms with Gasteiger partial charge in [0, 0.05) is 18.4 Å². The van der Waals surface area contributed by atoms with E-state index >= 15 is 0 Å². The maximum atomic E-state index is 11.9.